The Morgan fingerprint density at radius 3 is 2.64 bits per heavy atom. The second-order valence-corrected chi connectivity index (χ2v) is 9.86. The van der Waals surface area contributed by atoms with E-state index in [4.69, 9.17) is 11.6 Å². The summed E-state index contributed by atoms with van der Waals surface area (Å²) in [6, 6.07) is 16.5. The minimum Gasteiger partial charge on any atom is -0.354 e. The van der Waals surface area contributed by atoms with Crippen molar-refractivity contribution in [2.75, 3.05) is 19.4 Å². The molecule has 1 saturated carbocycles. The number of halogens is 2. The summed E-state index contributed by atoms with van der Waals surface area (Å²) in [5.74, 6) is -0.581. The molecule has 1 aliphatic carbocycles. The molecule has 1 fully saturated rings. The SMILES string of the molecule is CN(C)Cc1cccc(Nc2c(C(=O)C3CC3)cnc3ccc(-c4cc(F)c(C=O)c(Cl)c4)cc23)c1. The number of nitrogens with one attached hydrogen (secondary N) is 1. The number of anilines is 2. The van der Waals surface area contributed by atoms with Crippen LogP contribution in [0.15, 0.2) is 60.8 Å². The summed E-state index contributed by atoms with van der Waals surface area (Å²) < 4.78 is 14.5. The van der Waals surface area contributed by atoms with E-state index in [1.54, 1.807) is 12.3 Å². The number of Topliss-reactive ketones (excluding diaryl/α,β-unsaturated/α-hetero) is 1. The van der Waals surface area contributed by atoms with Crippen molar-refractivity contribution < 1.29 is 14.0 Å². The molecule has 0 amide bonds. The number of carbonyl (C=O) groups is 2. The van der Waals surface area contributed by atoms with Crippen LogP contribution < -0.4 is 5.32 Å². The van der Waals surface area contributed by atoms with Crippen molar-refractivity contribution in [2.24, 2.45) is 5.92 Å². The number of aromatic nitrogens is 1. The van der Waals surface area contributed by atoms with E-state index in [0.29, 0.717) is 34.2 Å². The largest absolute Gasteiger partial charge is 0.354 e. The van der Waals surface area contributed by atoms with E-state index in [-0.39, 0.29) is 22.3 Å². The molecule has 7 heteroatoms. The molecule has 0 saturated heterocycles. The fourth-order valence-corrected chi connectivity index (χ4v) is 4.63. The minimum atomic E-state index is -0.681. The fraction of sp³-hybridized carbons (Fsp3) is 0.207. The molecule has 0 spiro atoms. The lowest BCUT2D eigenvalue weighted by molar-refractivity contribution is 0.0968. The van der Waals surface area contributed by atoms with Gasteiger partial charge in [0.15, 0.2) is 12.1 Å². The molecule has 4 aromatic rings. The van der Waals surface area contributed by atoms with E-state index in [9.17, 15) is 14.0 Å². The number of aldehydes is 1. The van der Waals surface area contributed by atoms with Gasteiger partial charge in [-0.05, 0) is 80.0 Å². The normalized spacial score (nSPS) is 13.2. The van der Waals surface area contributed by atoms with Crippen molar-refractivity contribution in [2.45, 2.75) is 19.4 Å². The van der Waals surface area contributed by atoms with Gasteiger partial charge >= 0.3 is 0 Å². The van der Waals surface area contributed by atoms with Crippen molar-refractivity contribution in [3.05, 3.63) is 88.3 Å². The van der Waals surface area contributed by atoms with Crippen LogP contribution in [0.1, 0.15) is 39.1 Å². The summed E-state index contributed by atoms with van der Waals surface area (Å²) in [5, 5.41) is 4.28. The van der Waals surface area contributed by atoms with E-state index >= 15 is 0 Å². The van der Waals surface area contributed by atoms with Crippen LogP contribution >= 0.6 is 11.6 Å². The first-order chi connectivity index (χ1) is 17.3. The molecular formula is C29H25ClFN3O2. The van der Waals surface area contributed by atoms with Gasteiger partial charge < -0.3 is 10.2 Å². The van der Waals surface area contributed by atoms with Gasteiger partial charge in [0.1, 0.15) is 5.82 Å². The summed E-state index contributed by atoms with van der Waals surface area (Å²) in [5.41, 5.74) is 4.98. The highest BCUT2D eigenvalue weighted by Crippen LogP contribution is 2.39. The second kappa shape index (κ2) is 9.80. The van der Waals surface area contributed by atoms with Crippen LogP contribution in [0.3, 0.4) is 0 Å². The Morgan fingerprint density at radius 2 is 1.94 bits per heavy atom. The van der Waals surface area contributed by atoms with E-state index in [0.717, 1.165) is 36.0 Å². The molecular weight excluding hydrogens is 477 g/mol. The molecule has 182 valence electrons. The Balaban J connectivity index is 1.65. The molecule has 3 aromatic carbocycles. The van der Waals surface area contributed by atoms with Gasteiger partial charge in [0.2, 0.25) is 0 Å². The highest BCUT2D eigenvalue weighted by Gasteiger charge is 2.32. The van der Waals surface area contributed by atoms with Crippen molar-refractivity contribution >= 4 is 45.9 Å². The number of fused-ring (bicyclic) bond motifs is 1. The smallest absolute Gasteiger partial charge is 0.169 e. The number of carbonyl (C=O) groups excluding carboxylic acids is 2. The van der Waals surface area contributed by atoms with E-state index in [1.807, 2.05) is 44.4 Å². The van der Waals surface area contributed by atoms with E-state index in [1.165, 1.54) is 6.07 Å². The van der Waals surface area contributed by atoms with Crippen LogP contribution in [0.4, 0.5) is 15.8 Å². The first kappa shape index (κ1) is 24.1. The number of ketones is 1. The third-order valence-corrected chi connectivity index (χ3v) is 6.62. The maximum atomic E-state index is 14.5. The summed E-state index contributed by atoms with van der Waals surface area (Å²) in [4.78, 5) is 31.0. The van der Waals surface area contributed by atoms with Crippen molar-refractivity contribution in [1.82, 2.24) is 9.88 Å². The molecule has 36 heavy (non-hydrogen) atoms. The molecule has 0 unspecified atom stereocenters. The van der Waals surface area contributed by atoms with Crippen LogP contribution in [0.2, 0.25) is 5.02 Å². The molecule has 0 aliphatic heterocycles. The van der Waals surface area contributed by atoms with Crippen LogP contribution in [0, 0.1) is 11.7 Å². The van der Waals surface area contributed by atoms with Gasteiger partial charge in [0, 0.05) is 29.7 Å². The third kappa shape index (κ3) is 4.87. The number of rotatable bonds is 8. The standard InChI is InChI=1S/C29H25ClFN3O2/c1-34(2)15-17-4-3-5-21(10-17)33-28-22-11-19(20-12-25(30)24(16-35)26(31)13-20)8-9-27(22)32-14-23(28)29(36)18-6-7-18/h3-5,8-14,16,18H,6-7,15H2,1-2H3,(H,32,33). The molecule has 5 rings (SSSR count). The monoisotopic (exact) mass is 501 g/mol. The van der Waals surface area contributed by atoms with Crippen LogP contribution in [-0.2, 0) is 6.54 Å². The highest BCUT2D eigenvalue weighted by molar-refractivity contribution is 6.33. The van der Waals surface area contributed by atoms with E-state index in [2.05, 4.69) is 27.3 Å². The number of nitrogens with zero attached hydrogens (tertiary/aromatic N) is 2. The molecule has 1 heterocycles. The van der Waals surface area contributed by atoms with Gasteiger partial charge in [0.25, 0.3) is 0 Å². The van der Waals surface area contributed by atoms with Gasteiger partial charge in [-0.15, -0.1) is 0 Å². The van der Waals surface area contributed by atoms with Crippen molar-refractivity contribution in [1.29, 1.82) is 0 Å². The molecule has 0 radical (unpaired) electrons. The summed E-state index contributed by atoms with van der Waals surface area (Å²) in [6.07, 6.45) is 3.82. The lowest BCUT2D eigenvalue weighted by atomic mass is 9.98. The van der Waals surface area contributed by atoms with Crippen LogP contribution in [0.25, 0.3) is 22.0 Å². The Hall–Kier alpha value is -3.61. The predicted molar refractivity (Wildman–Crippen MR) is 142 cm³/mol. The Kier molecular flexibility index (Phi) is 6.56. The Bertz CT molecular complexity index is 1470. The first-order valence-corrected chi connectivity index (χ1v) is 12.1. The Morgan fingerprint density at radius 1 is 1.14 bits per heavy atom. The average Bonchev–Trinajstić information content (AvgIpc) is 3.69. The molecule has 1 N–H and O–H groups in total. The minimum absolute atomic E-state index is 0.0249. The van der Waals surface area contributed by atoms with Gasteiger partial charge in [-0.1, -0.05) is 29.8 Å². The number of benzene rings is 3. The molecule has 0 bridgehead atoms. The number of pyridine rings is 1. The van der Waals surface area contributed by atoms with Gasteiger partial charge in [-0.3, -0.25) is 14.6 Å². The number of hydrogen-bond donors (Lipinski definition) is 1. The summed E-state index contributed by atoms with van der Waals surface area (Å²) >= 11 is 6.16. The van der Waals surface area contributed by atoms with Crippen LogP contribution in [0.5, 0.6) is 0 Å². The summed E-state index contributed by atoms with van der Waals surface area (Å²) in [7, 11) is 4.03. The highest BCUT2D eigenvalue weighted by atomic mass is 35.5. The molecule has 0 atom stereocenters. The maximum absolute atomic E-state index is 14.5. The zero-order valence-electron chi connectivity index (χ0n) is 20.0. The maximum Gasteiger partial charge on any atom is 0.169 e. The third-order valence-electron chi connectivity index (χ3n) is 6.31. The van der Waals surface area contributed by atoms with Gasteiger partial charge in [-0.2, -0.15) is 0 Å². The lowest BCUT2D eigenvalue weighted by Crippen LogP contribution is -2.11. The topological polar surface area (TPSA) is 62.3 Å². The number of hydrogen-bond acceptors (Lipinski definition) is 5. The quantitative estimate of drug-likeness (QED) is 0.210. The molecule has 5 nitrogen and oxygen atoms in total. The average molecular weight is 502 g/mol. The van der Waals surface area contributed by atoms with Crippen LogP contribution in [-0.4, -0.2) is 36.0 Å². The van der Waals surface area contributed by atoms with Gasteiger partial charge in [0.05, 0.1) is 27.4 Å². The van der Waals surface area contributed by atoms with Crippen molar-refractivity contribution in [3.8, 4) is 11.1 Å². The predicted octanol–water partition coefficient (Wildman–Crippen LogP) is 6.90. The molecule has 1 aromatic heterocycles. The van der Waals surface area contributed by atoms with Gasteiger partial charge in [-0.25, -0.2) is 4.39 Å². The van der Waals surface area contributed by atoms with Crippen molar-refractivity contribution in [3.63, 3.8) is 0 Å². The fourth-order valence-electron chi connectivity index (χ4n) is 4.38. The van der Waals surface area contributed by atoms with E-state index < -0.39 is 5.82 Å². The Labute approximate surface area is 213 Å². The lowest BCUT2D eigenvalue weighted by Gasteiger charge is -2.17. The zero-order valence-corrected chi connectivity index (χ0v) is 20.8. The zero-order chi connectivity index (χ0) is 25.4. The first-order valence-electron chi connectivity index (χ1n) is 11.8. The molecule has 1 aliphatic rings. The second-order valence-electron chi connectivity index (χ2n) is 9.45. The summed E-state index contributed by atoms with van der Waals surface area (Å²) in [6.45, 7) is 0.785.